The van der Waals surface area contributed by atoms with Gasteiger partial charge in [0.15, 0.2) is 0 Å². The maximum Gasteiger partial charge on any atom is 0.321 e. The van der Waals surface area contributed by atoms with Gasteiger partial charge in [-0.25, -0.2) is 0 Å². The highest BCUT2D eigenvalue weighted by Gasteiger charge is 2.16. The molecule has 0 aliphatic heterocycles. The van der Waals surface area contributed by atoms with Gasteiger partial charge in [-0.15, -0.1) is 0 Å². The van der Waals surface area contributed by atoms with Gasteiger partial charge in [-0.3, -0.25) is 4.79 Å². The molecule has 3 N–H and O–H groups in total. The van der Waals surface area contributed by atoms with Crippen molar-refractivity contribution in [3.63, 3.8) is 0 Å². The lowest BCUT2D eigenvalue weighted by atomic mass is 10.1. The van der Waals surface area contributed by atoms with Gasteiger partial charge >= 0.3 is 5.97 Å². The van der Waals surface area contributed by atoms with E-state index < -0.39 is 12.0 Å². The molecule has 1 aromatic heterocycles. The van der Waals surface area contributed by atoms with Crippen LogP contribution in [0.25, 0.3) is 10.9 Å². The quantitative estimate of drug-likeness (QED) is 0.666. The van der Waals surface area contributed by atoms with Gasteiger partial charge in [-0.1, -0.05) is 18.2 Å². The van der Waals surface area contributed by atoms with E-state index in [0.29, 0.717) is 6.42 Å². The van der Waals surface area contributed by atoms with E-state index in [2.05, 4.69) is 10.3 Å². The molecule has 5 heteroatoms. The molecule has 1 heterocycles. The largest absolute Gasteiger partial charge is 0.480 e. The van der Waals surface area contributed by atoms with Crippen molar-refractivity contribution < 1.29 is 9.90 Å². The monoisotopic (exact) mass is 250 g/mol. The van der Waals surface area contributed by atoms with E-state index in [4.69, 9.17) is 5.11 Å². The Kier molecular flexibility index (Phi) is 4.48. The maximum atomic E-state index is 10.9. The standard InChI is InChI=1S/C12H14N2O2.H4Si/c1-13-11(12(15)16)6-8-7-14-10-5-3-2-4-9(8)10;/h2-5,7,11,13-14H,6H2,1H3,(H,15,16);1H4. The van der Waals surface area contributed by atoms with E-state index in [1.165, 1.54) is 0 Å². The van der Waals surface area contributed by atoms with Crippen LogP contribution in [0.4, 0.5) is 0 Å². The number of hydrogen-bond acceptors (Lipinski definition) is 2. The highest BCUT2D eigenvalue weighted by molar-refractivity contribution is 5.84. The zero-order chi connectivity index (χ0) is 11.5. The molecule has 0 saturated carbocycles. The summed E-state index contributed by atoms with van der Waals surface area (Å²) in [4.78, 5) is 14.1. The molecular formula is C12H18N2O2Si. The van der Waals surface area contributed by atoms with Crippen LogP contribution in [-0.2, 0) is 11.2 Å². The lowest BCUT2D eigenvalue weighted by Crippen LogP contribution is -2.35. The minimum Gasteiger partial charge on any atom is -0.480 e. The topological polar surface area (TPSA) is 65.1 Å². The number of carboxylic acid groups (broad SMARTS) is 1. The summed E-state index contributed by atoms with van der Waals surface area (Å²) in [5, 5.41) is 12.8. The minimum absolute atomic E-state index is 0. The summed E-state index contributed by atoms with van der Waals surface area (Å²) in [7, 11) is 1.66. The fourth-order valence-electron chi connectivity index (χ4n) is 1.83. The maximum absolute atomic E-state index is 10.9. The smallest absolute Gasteiger partial charge is 0.321 e. The zero-order valence-corrected chi connectivity index (χ0v) is 9.03. The summed E-state index contributed by atoms with van der Waals surface area (Å²) in [6.07, 6.45) is 2.35. The van der Waals surface area contributed by atoms with Crippen LogP contribution in [0.5, 0.6) is 0 Å². The van der Waals surface area contributed by atoms with Crippen molar-refractivity contribution in [2.45, 2.75) is 12.5 Å². The predicted octanol–water partition coefficient (Wildman–Crippen LogP) is -0.0686. The first kappa shape index (κ1) is 13.5. The number of aromatic nitrogens is 1. The first-order chi connectivity index (χ1) is 7.72. The van der Waals surface area contributed by atoms with Crippen molar-refractivity contribution in [1.82, 2.24) is 10.3 Å². The second kappa shape index (κ2) is 5.65. The zero-order valence-electron chi connectivity index (χ0n) is 9.03. The van der Waals surface area contributed by atoms with Gasteiger partial charge in [0.25, 0.3) is 0 Å². The average molecular weight is 250 g/mol. The molecule has 1 unspecified atom stereocenters. The number of rotatable bonds is 4. The molecule has 2 rings (SSSR count). The Balaban J connectivity index is 0.00000144. The molecule has 4 nitrogen and oxygen atoms in total. The van der Waals surface area contributed by atoms with E-state index in [-0.39, 0.29) is 11.0 Å². The molecule has 0 saturated heterocycles. The fourth-order valence-corrected chi connectivity index (χ4v) is 1.83. The van der Waals surface area contributed by atoms with Gasteiger partial charge in [-0.2, -0.15) is 0 Å². The van der Waals surface area contributed by atoms with Crippen LogP contribution in [0.15, 0.2) is 30.5 Å². The number of para-hydroxylation sites is 1. The van der Waals surface area contributed by atoms with Crippen LogP contribution in [0.3, 0.4) is 0 Å². The molecule has 0 spiro atoms. The number of aromatic amines is 1. The minimum atomic E-state index is -0.826. The average Bonchev–Trinajstić information content (AvgIpc) is 2.69. The molecular weight excluding hydrogens is 232 g/mol. The number of nitrogens with one attached hydrogen (secondary N) is 2. The first-order valence-corrected chi connectivity index (χ1v) is 5.17. The Morgan fingerprint density at radius 2 is 2.18 bits per heavy atom. The summed E-state index contributed by atoms with van der Waals surface area (Å²) < 4.78 is 0. The molecule has 0 amide bonds. The van der Waals surface area contributed by atoms with Gasteiger partial charge in [0.05, 0.1) is 0 Å². The molecule has 1 aromatic carbocycles. The molecule has 0 aliphatic carbocycles. The third kappa shape index (κ3) is 2.75. The summed E-state index contributed by atoms with van der Waals surface area (Å²) in [6.45, 7) is 0. The van der Waals surface area contributed by atoms with Gasteiger partial charge in [0.1, 0.15) is 6.04 Å². The fraction of sp³-hybridized carbons (Fsp3) is 0.250. The van der Waals surface area contributed by atoms with Gasteiger partial charge < -0.3 is 15.4 Å². The highest BCUT2D eigenvalue weighted by Crippen LogP contribution is 2.18. The molecule has 2 aromatic rings. The van der Waals surface area contributed by atoms with Crippen molar-refractivity contribution in [3.8, 4) is 0 Å². The van der Waals surface area contributed by atoms with Gasteiger partial charge in [0, 0.05) is 23.5 Å². The summed E-state index contributed by atoms with van der Waals surface area (Å²) in [5.41, 5.74) is 2.06. The normalized spacial score (nSPS) is 12.1. The van der Waals surface area contributed by atoms with Gasteiger partial charge in [-0.05, 0) is 29.6 Å². The van der Waals surface area contributed by atoms with Crippen molar-refractivity contribution >= 4 is 27.8 Å². The Morgan fingerprint density at radius 3 is 2.82 bits per heavy atom. The van der Waals surface area contributed by atoms with Crippen LogP contribution in [0.2, 0.25) is 0 Å². The summed E-state index contributed by atoms with van der Waals surface area (Å²) in [6, 6.07) is 7.34. The van der Waals surface area contributed by atoms with E-state index >= 15 is 0 Å². The Labute approximate surface area is 104 Å². The molecule has 0 fully saturated rings. The van der Waals surface area contributed by atoms with Crippen molar-refractivity contribution in [1.29, 1.82) is 0 Å². The van der Waals surface area contributed by atoms with E-state index in [1.807, 2.05) is 30.5 Å². The van der Waals surface area contributed by atoms with E-state index in [1.54, 1.807) is 7.05 Å². The number of fused-ring (bicyclic) bond motifs is 1. The summed E-state index contributed by atoms with van der Waals surface area (Å²) >= 11 is 0. The number of carbonyl (C=O) groups is 1. The third-order valence-electron chi connectivity index (χ3n) is 2.75. The third-order valence-corrected chi connectivity index (χ3v) is 2.75. The second-order valence-corrected chi connectivity index (χ2v) is 3.74. The number of hydrogen-bond donors (Lipinski definition) is 3. The molecule has 0 aliphatic rings. The SMILES string of the molecule is CNC(Cc1c[nH]c2ccccc12)C(=O)O.[SiH4]. The number of likely N-dealkylation sites (N-methyl/N-ethyl adjacent to an activating group) is 1. The Morgan fingerprint density at radius 1 is 1.47 bits per heavy atom. The molecule has 17 heavy (non-hydrogen) atoms. The van der Waals surface area contributed by atoms with Crippen LogP contribution in [0, 0.1) is 0 Å². The number of benzene rings is 1. The van der Waals surface area contributed by atoms with Crippen molar-refractivity contribution in [3.05, 3.63) is 36.0 Å². The van der Waals surface area contributed by atoms with E-state index in [9.17, 15) is 4.79 Å². The first-order valence-electron chi connectivity index (χ1n) is 5.17. The highest BCUT2D eigenvalue weighted by atomic mass is 28.1. The lowest BCUT2D eigenvalue weighted by Gasteiger charge is -2.09. The predicted molar refractivity (Wildman–Crippen MR) is 73.8 cm³/mol. The number of H-pyrrole nitrogens is 1. The molecule has 1 atom stereocenters. The van der Waals surface area contributed by atoms with E-state index in [0.717, 1.165) is 16.5 Å². The van der Waals surface area contributed by atoms with Crippen LogP contribution in [-0.4, -0.2) is 40.1 Å². The Bertz CT molecular complexity index is 510. The van der Waals surface area contributed by atoms with Crippen molar-refractivity contribution in [2.24, 2.45) is 0 Å². The Hall–Kier alpha value is -1.59. The van der Waals surface area contributed by atoms with Crippen molar-refractivity contribution in [2.75, 3.05) is 7.05 Å². The molecule has 0 radical (unpaired) electrons. The van der Waals surface area contributed by atoms with Crippen LogP contribution in [0.1, 0.15) is 5.56 Å². The van der Waals surface area contributed by atoms with Crippen LogP contribution < -0.4 is 5.32 Å². The van der Waals surface area contributed by atoms with Gasteiger partial charge in [0.2, 0.25) is 0 Å². The van der Waals surface area contributed by atoms with Crippen LogP contribution >= 0.6 is 0 Å². The second-order valence-electron chi connectivity index (χ2n) is 3.74. The lowest BCUT2D eigenvalue weighted by molar-refractivity contribution is -0.139. The molecule has 0 bridgehead atoms. The summed E-state index contributed by atoms with van der Waals surface area (Å²) in [5.74, 6) is -0.826. The number of carboxylic acids is 1. The molecule has 92 valence electrons. The number of aliphatic carboxylic acids is 1.